The normalized spacial score (nSPS) is 17.6. The fraction of sp³-hybridized carbons (Fsp3) is 0.407. The minimum atomic E-state index is -0.318. The van der Waals surface area contributed by atoms with Gasteiger partial charge in [0.05, 0.1) is 12.1 Å². The van der Waals surface area contributed by atoms with Crippen LogP contribution in [0.3, 0.4) is 0 Å². The molecule has 0 radical (unpaired) electrons. The SMILES string of the molecule is O=C(c1ccsc1)N(Cc1ccc(N2CCN(C3CCCCC3)CC2)nc1)c1ccc(F)cc1. The van der Waals surface area contributed by atoms with Crippen molar-refractivity contribution in [2.75, 3.05) is 36.0 Å². The molecule has 2 aromatic heterocycles. The standard InChI is InChI=1S/C27H31FN4OS/c28-23-7-9-25(10-8-23)32(27(33)22-12-17-34-20-22)19-21-6-11-26(29-18-21)31-15-13-30(14-16-31)24-4-2-1-3-5-24/h6-12,17-18,20,24H,1-5,13-16,19H2. The van der Waals surface area contributed by atoms with Gasteiger partial charge in [0, 0.05) is 49.5 Å². The average Bonchev–Trinajstić information content (AvgIpc) is 3.44. The van der Waals surface area contributed by atoms with E-state index in [-0.39, 0.29) is 11.7 Å². The third kappa shape index (κ3) is 5.31. The van der Waals surface area contributed by atoms with E-state index in [2.05, 4.69) is 15.9 Å². The van der Waals surface area contributed by atoms with Crippen LogP contribution in [-0.4, -0.2) is 48.0 Å². The lowest BCUT2D eigenvalue weighted by molar-refractivity contribution is 0.0985. The minimum absolute atomic E-state index is 0.101. The van der Waals surface area contributed by atoms with Crippen LogP contribution in [0.25, 0.3) is 0 Å². The van der Waals surface area contributed by atoms with Crippen molar-refractivity contribution in [3.8, 4) is 0 Å². The molecule has 2 fully saturated rings. The van der Waals surface area contributed by atoms with E-state index < -0.39 is 0 Å². The number of amides is 1. The van der Waals surface area contributed by atoms with Crippen molar-refractivity contribution < 1.29 is 9.18 Å². The van der Waals surface area contributed by atoms with Gasteiger partial charge in [0.25, 0.3) is 5.91 Å². The predicted octanol–water partition coefficient (Wildman–Crippen LogP) is 5.58. The van der Waals surface area contributed by atoms with Gasteiger partial charge in [-0.2, -0.15) is 11.3 Å². The molecular formula is C27H31FN4OS. The van der Waals surface area contributed by atoms with Crippen LogP contribution < -0.4 is 9.80 Å². The van der Waals surface area contributed by atoms with E-state index in [0.717, 1.165) is 43.6 Å². The second-order valence-electron chi connectivity index (χ2n) is 9.22. The molecule has 1 saturated carbocycles. The maximum atomic E-state index is 13.5. The van der Waals surface area contributed by atoms with Crippen molar-refractivity contribution in [3.05, 3.63) is 76.4 Å². The highest BCUT2D eigenvalue weighted by molar-refractivity contribution is 7.08. The van der Waals surface area contributed by atoms with Crippen molar-refractivity contribution >= 4 is 28.7 Å². The molecular weight excluding hydrogens is 447 g/mol. The van der Waals surface area contributed by atoms with Crippen LogP contribution >= 0.6 is 11.3 Å². The highest BCUT2D eigenvalue weighted by Gasteiger charge is 2.26. The molecule has 34 heavy (non-hydrogen) atoms. The Kier molecular flexibility index (Phi) is 7.21. The second-order valence-corrected chi connectivity index (χ2v) is 10.00. The Morgan fingerprint density at radius 3 is 2.41 bits per heavy atom. The third-order valence-corrected chi connectivity index (χ3v) is 7.71. The predicted molar refractivity (Wildman–Crippen MR) is 136 cm³/mol. The summed E-state index contributed by atoms with van der Waals surface area (Å²) in [4.78, 5) is 24.6. The molecule has 5 rings (SSSR count). The van der Waals surface area contributed by atoms with Gasteiger partial charge in [-0.25, -0.2) is 9.37 Å². The van der Waals surface area contributed by atoms with E-state index in [0.29, 0.717) is 17.8 Å². The number of pyridine rings is 1. The topological polar surface area (TPSA) is 39.7 Å². The van der Waals surface area contributed by atoms with Gasteiger partial charge in [-0.15, -0.1) is 0 Å². The van der Waals surface area contributed by atoms with Crippen molar-refractivity contribution in [3.63, 3.8) is 0 Å². The van der Waals surface area contributed by atoms with Gasteiger partial charge in [-0.1, -0.05) is 25.3 Å². The number of aromatic nitrogens is 1. The lowest BCUT2D eigenvalue weighted by atomic mass is 9.94. The number of rotatable bonds is 6. The van der Waals surface area contributed by atoms with Crippen LogP contribution in [0.4, 0.5) is 15.9 Å². The number of carbonyl (C=O) groups excluding carboxylic acids is 1. The first-order chi connectivity index (χ1) is 16.7. The zero-order valence-electron chi connectivity index (χ0n) is 19.4. The van der Waals surface area contributed by atoms with Crippen LogP contribution in [0.1, 0.15) is 48.0 Å². The number of hydrogen-bond acceptors (Lipinski definition) is 5. The molecule has 5 nitrogen and oxygen atoms in total. The molecule has 0 spiro atoms. The number of anilines is 2. The molecule has 3 heterocycles. The summed E-state index contributed by atoms with van der Waals surface area (Å²) in [5.74, 6) is 0.571. The van der Waals surface area contributed by atoms with Crippen LogP contribution in [0.2, 0.25) is 0 Å². The van der Waals surface area contributed by atoms with Crippen molar-refractivity contribution in [1.82, 2.24) is 9.88 Å². The molecule has 2 aliphatic rings. The largest absolute Gasteiger partial charge is 0.354 e. The molecule has 1 amide bonds. The summed E-state index contributed by atoms with van der Waals surface area (Å²) < 4.78 is 13.5. The van der Waals surface area contributed by atoms with Gasteiger partial charge in [0.15, 0.2) is 0 Å². The minimum Gasteiger partial charge on any atom is -0.354 e. The van der Waals surface area contributed by atoms with E-state index in [4.69, 9.17) is 4.98 Å². The summed E-state index contributed by atoms with van der Waals surface area (Å²) in [5.41, 5.74) is 2.24. The van der Waals surface area contributed by atoms with E-state index in [9.17, 15) is 9.18 Å². The zero-order chi connectivity index (χ0) is 23.3. The van der Waals surface area contributed by atoms with Crippen LogP contribution in [0.5, 0.6) is 0 Å². The summed E-state index contributed by atoms with van der Waals surface area (Å²) in [5, 5.41) is 3.73. The van der Waals surface area contributed by atoms with Gasteiger partial charge >= 0.3 is 0 Å². The Morgan fingerprint density at radius 1 is 1.00 bits per heavy atom. The molecule has 0 N–H and O–H groups in total. The average molecular weight is 479 g/mol. The number of benzene rings is 1. The number of piperazine rings is 1. The van der Waals surface area contributed by atoms with Gasteiger partial charge in [0.1, 0.15) is 11.6 Å². The molecule has 0 unspecified atom stereocenters. The molecule has 7 heteroatoms. The molecule has 3 aromatic rings. The number of hydrogen-bond donors (Lipinski definition) is 0. The second kappa shape index (κ2) is 10.7. The fourth-order valence-electron chi connectivity index (χ4n) is 5.09. The number of carbonyl (C=O) groups is 1. The monoisotopic (exact) mass is 478 g/mol. The molecule has 0 atom stereocenters. The van der Waals surface area contributed by atoms with Gasteiger partial charge in [-0.3, -0.25) is 9.69 Å². The third-order valence-electron chi connectivity index (χ3n) is 7.03. The molecule has 1 aliphatic carbocycles. The Hall–Kier alpha value is -2.77. The summed E-state index contributed by atoms with van der Waals surface area (Å²) in [6.07, 6.45) is 8.70. The Morgan fingerprint density at radius 2 is 1.76 bits per heavy atom. The zero-order valence-corrected chi connectivity index (χ0v) is 20.2. The van der Waals surface area contributed by atoms with Gasteiger partial charge in [0.2, 0.25) is 0 Å². The first-order valence-electron chi connectivity index (χ1n) is 12.2. The lowest BCUT2D eigenvalue weighted by Gasteiger charge is -2.41. The van der Waals surface area contributed by atoms with E-state index in [1.807, 2.05) is 29.1 Å². The van der Waals surface area contributed by atoms with Gasteiger partial charge < -0.3 is 9.80 Å². The van der Waals surface area contributed by atoms with Crippen molar-refractivity contribution in [2.45, 2.75) is 44.7 Å². The Balaban J connectivity index is 1.25. The highest BCUT2D eigenvalue weighted by atomic mass is 32.1. The first kappa shape index (κ1) is 23.0. The quantitative estimate of drug-likeness (QED) is 0.463. The lowest BCUT2D eigenvalue weighted by Crippen LogP contribution is -2.51. The molecule has 178 valence electrons. The van der Waals surface area contributed by atoms with Crippen LogP contribution in [-0.2, 0) is 6.54 Å². The van der Waals surface area contributed by atoms with Crippen LogP contribution in [0.15, 0.2) is 59.4 Å². The fourth-order valence-corrected chi connectivity index (χ4v) is 5.72. The van der Waals surface area contributed by atoms with Crippen molar-refractivity contribution in [2.24, 2.45) is 0 Å². The summed E-state index contributed by atoms with van der Waals surface area (Å²) >= 11 is 1.49. The van der Waals surface area contributed by atoms with E-state index in [1.54, 1.807) is 17.0 Å². The first-order valence-corrected chi connectivity index (χ1v) is 13.2. The van der Waals surface area contributed by atoms with Gasteiger partial charge in [-0.05, 0) is 60.2 Å². The van der Waals surface area contributed by atoms with E-state index >= 15 is 0 Å². The Bertz CT molecular complexity index is 1060. The maximum Gasteiger partial charge on any atom is 0.259 e. The molecule has 1 aliphatic heterocycles. The summed E-state index contributed by atoms with van der Waals surface area (Å²) in [7, 11) is 0. The molecule has 0 bridgehead atoms. The highest BCUT2D eigenvalue weighted by Crippen LogP contribution is 2.25. The maximum absolute atomic E-state index is 13.5. The van der Waals surface area contributed by atoms with Crippen LogP contribution in [0, 0.1) is 5.82 Å². The number of halogens is 1. The molecule has 1 saturated heterocycles. The van der Waals surface area contributed by atoms with Crippen molar-refractivity contribution in [1.29, 1.82) is 0 Å². The summed E-state index contributed by atoms with van der Waals surface area (Å²) in [6, 6.07) is 12.8. The smallest absolute Gasteiger partial charge is 0.259 e. The number of nitrogens with zero attached hydrogens (tertiary/aromatic N) is 4. The summed E-state index contributed by atoms with van der Waals surface area (Å²) in [6.45, 7) is 4.58. The Labute approximate surface area is 204 Å². The number of thiophene rings is 1. The van der Waals surface area contributed by atoms with E-state index in [1.165, 1.54) is 55.6 Å². The molecule has 1 aromatic carbocycles.